The fraction of sp³-hybridized carbons (Fsp3) is 0.500. The molecule has 0 saturated heterocycles. The first-order chi connectivity index (χ1) is 5.84. The Morgan fingerprint density at radius 3 is 2.92 bits per heavy atom. The number of nitrogens with two attached hydrogens (primary N) is 1. The zero-order chi connectivity index (χ0) is 8.39. The number of nitrogens with one attached hydrogen (secondary N) is 1. The van der Waals surface area contributed by atoms with E-state index < -0.39 is 0 Å². The van der Waals surface area contributed by atoms with Crippen molar-refractivity contribution in [3.8, 4) is 0 Å². The average Bonchev–Trinajstić information content (AvgIpc) is 1.97. The molecule has 1 heterocycles. The van der Waals surface area contributed by atoms with Crippen molar-refractivity contribution in [3.63, 3.8) is 0 Å². The van der Waals surface area contributed by atoms with Gasteiger partial charge in [0, 0.05) is 12.2 Å². The van der Waals surface area contributed by atoms with Crippen LogP contribution in [0, 0.1) is 0 Å². The molecule has 1 fully saturated rings. The fourth-order valence-corrected chi connectivity index (χ4v) is 1.22. The molecule has 0 bridgehead atoms. The Kier molecular flexibility index (Phi) is 1.81. The molecule has 0 atom stereocenters. The molecule has 2 rings (SSSR count). The quantitative estimate of drug-likeness (QED) is 0.685. The second-order valence-corrected chi connectivity index (χ2v) is 3.07. The van der Waals surface area contributed by atoms with E-state index in [-0.39, 0.29) is 0 Å². The van der Waals surface area contributed by atoms with E-state index in [1.807, 2.05) is 6.07 Å². The zero-order valence-electron chi connectivity index (χ0n) is 6.83. The molecule has 0 spiro atoms. The van der Waals surface area contributed by atoms with E-state index >= 15 is 0 Å². The van der Waals surface area contributed by atoms with E-state index in [1.54, 1.807) is 6.20 Å². The second kappa shape index (κ2) is 2.97. The van der Waals surface area contributed by atoms with E-state index in [2.05, 4.69) is 15.3 Å². The highest BCUT2D eigenvalue weighted by molar-refractivity contribution is 5.38. The van der Waals surface area contributed by atoms with Crippen LogP contribution in [0.15, 0.2) is 12.3 Å². The summed E-state index contributed by atoms with van der Waals surface area (Å²) in [7, 11) is 0. The molecule has 4 heteroatoms. The van der Waals surface area contributed by atoms with Crippen molar-refractivity contribution in [1.82, 2.24) is 9.97 Å². The topological polar surface area (TPSA) is 63.8 Å². The summed E-state index contributed by atoms with van der Waals surface area (Å²) < 4.78 is 0. The molecular formula is C8H12N4. The van der Waals surface area contributed by atoms with Gasteiger partial charge < -0.3 is 11.1 Å². The third kappa shape index (κ3) is 1.47. The SMILES string of the molecule is Nc1nccc(NC2CCC2)n1. The van der Waals surface area contributed by atoms with Crippen LogP contribution in [0.2, 0.25) is 0 Å². The van der Waals surface area contributed by atoms with E-state index in [4.69, 9.17) is 5.73 Å². The third-order valence-corrected chi connectivity index (χ3v) is 2.13. The lowest BCUT2D eigenvalue weighted by Crippen LogP contribution is -2.27. The normalized spacial score (nSPS) is 17.0. The number of hydrogen-bond acceptors (Lipinski definition) is 4. The molecule has 1 aliphatic carbocycles. The first-order valence-corrected chi connectivity index (χ1v) is 4.19. The van der Waals surface area contributed by atoms with Gasteiger partial charge in [-0.15, -0.1) is 0 Å². The molecular weight excluding hydrogens is 152 g/mol. The van der Waals surface area contributed by atoms with Gasteiger partial charge in [0.25, 0.3) is 0 Å². The molecule has 1 saturated carbocycles. The molecule has 0 aliphatic heterocycles. The molecule has 0 aromatic carbocycles. The number of anilines is 2. The van der Waals surface area contributed by atoms with Crippen LogP contribution in [0.3, 0.4) is 0 Å². The molecule has 1 aromatic heterocycles. The largest absolute Gasteiger partial charge is 0.368 e. The first kappa shape index (κ1) is 7.34. The van der Waals surface area contributed by atoms with Crippen LogP contribution in [0.25, 0.3) is 0 Å². The maximum atomic E-state index is 5.43. The van der Waals surface area contributed by atoms with Gasteiger partial charge in [-0.2, -0.15) is 4.98 Å². The zero-order valence-corrected chi connectivity index (χ0v) is 6.83. The smallest absolute Gasteiger partial charge is 0.221 e. The summed E-state index contributed by atoms with van der Waals surface area (Å²) in [5, 5.41) is 3.29. The molecule has 0 unspecified atom stereocenters. The summed E-state index contributed by atoms with van der Waals surface area (Å²) >= 11 is 0. The lowest BCUT2D eigenvalue weighted by atomic mass is 9.93. The minimum absolute atomic E-state index is 0.333. The van der Waals surface area contributed by atoms with Crippen LogP contribution in [0.4, 0.5) is 11.8 Å². The van der Waals surface area contributed by atoms with Gasteiger partial charge in [-0.25, -0.2) is 4.98 Å². The second-order valence-electron chi connectivity index (χ2n) is 3.07. The van der Waals surface area contributed by atoms with Gasteiger partial charge in [0.2, 0.25) is 5.95 Å². The Balaban J connectivity index is 2.02. The standard InChI is InChI=1S/C8H12N4/c9-8-10-5-4-7(12-8)11-6-2-1-3-6/h4-6H,1-3H2,(H3,9,10,11,12). The number of hydrogen-bond donors (Lipinski definition) is 2. The van der Waals surface area contributed by atoms with E-state index in [9.17, 15) is 0 Å². The molecule has 64 valence electrons. The van der Waals surface area contributed by atoms with Crippen LogP contribution < -0.4 is 11.1 Å². The average molecular weight is 164 g/mol. The third-order valence-electron chi connectivity index (χ3n) is 2.13. The molecule has 0 radical (unpaired) electrons. The van der Waals surface area contributed by atoms with Gasteiger partial charge in [-0.1, -0.05) is 0 Å². The summed E-state index contributed by atoms with van der Waals surface area (Å²) in [6, 6.07) is 2.44. The predicted octanol–water partition coefficient (Wildman–Crippen LogP) is 1.02. The van der Waals surface area contributed by atoms with Gasteiger partial charge in [0.05, 0.1) is 0 Å². The summed E-state index contributed by atoms with van der Waals surface area (Å²) in [6.07, 6.45) is 5.47. The highest BCUT2D eigenvalue weighted by atomic mass is 15.1. The number of nitrogen functional groups attached to an aromatic ring is 1. The van der Waals surface area contributed by atoms with Crippen molar-refractivity contribution >= 4 is 11.8 Å². The van der Waals surface area contributed by atoms with Crippen molar-refractivity contribution in [2.24, 2.45) is 0 Å². The van der Waals surface area contributed by atoms with Crippen LogP contribution in [-0.2, 0) is 0 Å². The summed E-state index contributed by atoms with van der Waals surface area (Å²) in [6.45, 7) is 0. The molecule has 1 aromatic rings. The van der Waals surface area contributed by atoms with Crippen molar-refractivity contribution in [3.05, 3.63) is 12.3 Å². The molecule has 3 N–H and O–H groups in total. The lowest BCUT2D eigenvalue weighted by molar-refractivity contribution is 0.444. The highest BCUT2D eigenvalue weighted by Crippen LogP contribution is 2.21. The van der Waals surface area contributed by atoms with Gasteiger partial charge in [0.1, 0.15) is 5.82 Å². The maximum absolute atomic E-state index is 5.43. The summed E-state index contributed by atoms with van der Waals surface area (Å²) in [5.74, 6) is 1.17. The lowest BCUT2D eigenvalue weighted by Gasteiger charge is -2.26. The number of nitrogens with zero attached hydrogens (tertiary/aromatic N) is 2. The molecule has 1 aliphatic rings. The van der Waals surface area contributed by atoms with E-state index in [1.165, 1.54) is 19.3 Å². The molecule has 4 nitrogen and oxygen atoms in total. The van der Waals surface area contributed by atoms with Crippen molar-refractivity contribution in [2.45, 2.75) is 25.3 Å². The molecule has 0 amide bonds. The van der Waals surface area contributed by atoms with Gasteiger partial charge in [-0.05, 0) is 25.3 Å². The summed E-state index contributed by atoms with van der Waals surface area (Å²) in [5.41, 5.74) is 5.43. The summed E-state index contributed by atoms with van der Waals surface area (Å²) in [4.78, 5) is 7.87. The van der Waals surface area contributed by atoms with E-state index in [0.717, 1.165) is 5.82 Å². The van der Waals surface area contributed by atoms with Crippen molar-refractivity contribution in [1.29, 1.82) is 0 Å². The van der Waals surface area contributed by atoms with Crippen molar-refractivity contribution in [2.75, 3.05) is 11.1 Å². The maximum Gasteiger partial charge on any atom is 0.221 e. The van der Waals surface area contributed by atoms with Gasteiger partial charge in [0.15, 0.2) is 0 Å². The Morgan fingerprint density at radius 2 is 2.33 bits per heavy atom. The van der Waals surface area contributed by atoms with E-state index in [0.29, 0.717) is 12.0 Å². The molecule has 12 heavy (non-hydrogen) atoms. The Labute approximate surface area is 71.2 Å². The minimum atomic E-state index is 0.333. The van der Waals surface area contributed by atoms with Crippen LogP contribution in [0.1, 0.15) is 19.3 Å². The minimum Gasteiger partial charge on any atom is -0.368 e. The van der Waals surface area contributed by atoms with Crippen LogP contribution in [-0.4, -0.2) is 16.0 Å². The van der Waals surface area contributed by atoms with Gasteiger partial charge in [-0.3, -0.25) is 0 Å². The first-order valence-electron chi connectivity index (χ1n) is 4.19. The fourth-order valence-electron chi connectivity index (χ4n) is 1.22. The van der Waals surface area contributed by atoms with Crippen molar-refractivity contribution < 1.29 is 0 Å². The Bertz CT molecular complexity index is 270. The van der Waals surface area contributed by atoms with Gasteiger partial charge >= 0.3 is 0 Å². The number of aromatic nitrogens is 2. The Hall–Kier alpha value is -1.32. The van der Waals surface area contributed by atoms with Crippen LogP contribution >= 0.6 is 0 Å². The highest BCUT2D eigenvalue weighted by Gasteiger charge is 2.16. The predicted molar refractivity (Wildman–Crippen MR) is 47.7 cm³/mol. The monoisotopic (exact) mass is 164 g/mol. The van der Waals surface area contributed by atoms with Crippen LogP contribution in [0.5, 0.6) is 0 Å². The Morgan fingerprint density at radius 1 is 1.50 bits per heavy atom. The number of rotatable bonds is 2.